The van der Waals surface area contributed by atoms with Crippen molar-refractivity contribution in [2.45, 2.75) is 20.8 Å². The minimum absolute atomic E-state index is 0.135. The van der Waals surface area contributed by atoms with Gasteiger partial charge < -0.3 is 0 Å². The summed E-state index contributed by atoms with van der Waals surface area (Å²) >= 11 is 1.32. The second-order valence-corrected chi connectivity index (χ2v) is 6.93. The van der Waals surface area contributed by atoms with Crippen LogP contribution in [0.15, 0.2) is 53.1 Å². The number of carbonyl (C=O) groups excluding carboxylic acids is 2. The molecule has 2 heterocycles. The van der Waals surface area contributed by atoms with E-state index in [-0.39, 0.29) is 11.6 Å². The summed E-state index contributed by atoms with van der Waals surface area (Å²) in [6.07, 6.45) is 2.97. The molecule has 0 aliphatic rings. The van der Waals surface area contributed by atoms with E-state index in [2.05, 4.69) is 20.5 Å². The van der Waals surface area contributed by atoms with Gasteiger partial charge in [0.1, 0.15) is 5.69 Å². The highest BCUT2D eigenvalue weighted by Crippen LogP contribution is 2.29. The highest BCUT2D eigenvalue weighted by Gasteiger charge is 2.18. The van der Waals surface area contributed by atoms with Gasteiger partial charge in [0, 0.05) is 18.5 Å². The van der Waals surface area contributed by atoms with Gasteiger partial charge in [-0.15, -0.1) is 11.3 Å². The number of benzene rings is 1. The molecule has 0 aliphatic heterocycles. The van der Waals surface area contributed by atoms with Crippen LogP contribution in [0.4, 0.5) is 10.8 Å². The predicted molar refractivity (Wildman–Crippen MR) is 110 cm³/mol. The quantitative estimate of drug-likeness (QED) is 0.530. The van der Waals surface area contributed by atoms with Crippen molar-refractivity contribution in [3.8, 4) is 0 Å². The van der Waals surface area contributed by atoms with E-state index in [1.54, 1.807) is 28.5 Å². The lowest BCUT2D eigenvalue weighted by molar-refractivity contribution is -0.115. The fourth-order valence-electron chi connectivity index (χ4n) is 2.44. The van der Waals surface area contributed by atoms with E-state index >= 15 is 0 Å². The Morgan fingerprint density at radius 2 is 2.00 bits per heavy atom. The summed E-state index contributed by atoms with van der Waals surface area (Å²) in [5, 5.41) is 6.21. The first kappa shape index (κ1) is 19.4. The molecular weight excluding hydrogens is 374 g/mol. The summed E-state index contributed by atoms with van der Waals surface area (Å²) in [7, 11) is 0. The van der Waals surface area contributed by atoms with E-state index < -0.39 is 5.91 Å². The first-order chi connectivity index (χ1) is 13.5. The second kappa shape index (κ2) is 8.53. The zero-order valence-corrected chi connectivity index (χ0v) is 16.5. The molecule has 0 saturated heterocycles. The molecule has 1 aromatic carbocycles. The van der Waals surface area contributed by atoms with Crippen LogP contribution in [-0.2, 0) is 4.79 Å². The van der Waals surface area contributed by atoms with Gasteiger partial charge in [-0.05, 0) is 49.2 Å². The minimum atomic E-state index is -0.409. The molecule has 0 atom stereocenters. The first-order valence-electron chi connectivity index (χ1n) is 8.53. The topological polar surface area (TPSA) is 87.5 Å². The number of hydrogen-bond donors (Lipinski definition) is 1. The van der Waals surface area contributed by atoms with Gasteiger partial charge >= 0.3 is 0 Å². The lowest BCUT2D eigenvalue weighted by Crippen LogP contribution is -2.22. The number of hydrogen-bond acceptors (Lipinski definition) is 6. The van der Waals surface area contributed by atoms with Gasteiger partial charge in [0.15, 0.2) is 5.13 Å². The van der Waals surface area contributed by atoms with Gasteiger partial charge in [-0.2, -0.15) is 5.10 Å². The molecule has 28 heavy (non-hydrogen) atoms. The molecular formula is C20H19N5O2S. The van der Waals surface area contributed by atoms with E-state index in [4.69, 9.17) is 0 Å². The Morgan fingerprint density at radius 1 is 1.18 bits per heavy atom. The summed E-state index contributed by atoms with van der Waals surface area (Å²) < 4.78 is 0. The number of carbonyl (C=O) groups is 2. The lowest BCUT2D eigenvalue weighted by Gasteiger charge is -2.19. The number of rotatable bonds is 5. The molecule has 0 fully saturated rings. The summed E-state index contributed by atoms with van der Waals surface area (Å²) in [5.74, 6) is -0.544. The van der Waals surface area contributed by atoms with Crippen LogP contribution in [0.2, 0.25) is 0 Å². The fourth-order valence-corrected chi connectivity index (χ4v) is 3.28. The highest BCUT2D eigenvalue weighted by atomic mass is 32.1. The third-order valence-electron chi connectivity index (χ3n) is 4.03. The Hall–Kier alpha value is -3.39. The third kappa shape index (κ3) is 4.47. The Balaban J connectivity index is 1.75. The number of aromatic nitrogens is 2. The number of hydrazone groups is 1. The monoisotopic (exact) mass is 393 g/mol. The van der Waals surface area contributed by atoms with Gasteiger partial charge in [0.2, 0.25) is 5.91 Å². The number of nitrogens with zero attached hydrogens (tertiary/aromatic N) is 4. The van der Waals surface area contributed by atoms with Crippen molar-refractivity contribution in [3.05, 3.63) is 70.5 Å². The Labute approximate surface area is 166 Å². The van der Waals surface area contributed by atoms with Crippen molar-refractivity contribution < 1.29 is 9.59 Å². The van der Waals surface area contributed by atoms with E-state index in [1.165, 1.54) is 30.7 Å². The Morgan fingerprint density at radius 3 is 2.68 bits per heavy atom. The van der Waals surface area contributed by atoms with Crippen LogP contribution in [0.25, 0.3) is 0 Å². The SMILES string of the molecule is CC(=O)N(c1ccc(C)c(C)c1)c1nc(/C=N\NC(=O)c2ccccn2)cs1. The Bertz CT molecular complexity index is 1030. The summed E-state index contributed by atoms with van der Waals surface area (Å²) in [6, 6.07) is 10.9. The number of nitrogens with one attached hydrogen (secondary N) is 1. The largest absolute Gasteiger partial charge is 0.289 e. The zero-order chi connectivity index (χ0) is 20.1. The van der Waals surface area contributed by atoms with Crippen molar-refractivity contribution in [1.29, 1.82) is 0 Å². The van der Waals surface area contributed by atoms with Crippen molar-refractivity contribution in [2.75, 3.05) is 4.90 Å². The maximum atomic E-state index is 12.2. The molecule has 7 nitrogen and oxygen atoms in total. The number of pyridine rings is 1. The summed E-state index contributed by atoms with van der Waals surface area (Å²) in [6.45, 7) is 5.52. The van der Waals surface area contributed by atoms with Crippen LogP contribution in [0.1, 0.15) is 34.2 Å². The summed E-state index contributed by atoms with van der Waals surface area (Å²) in [5.41, 5.74) is 6.23. The van der Waals surface area contributed by atoms with Crippen molar-refractivity contribution in [3.63, 3.8) is 0 Å². The molecule has 2 amide bonds. The average Bonchev–Trinajstić information content (AvgIpc) is 3.13. The number of amides is 2. The predicted octanol–water partition coefficient (Wildman–Crippen LogP) is 3.60. The van der Waals surface area contributed by atoms with Gasteiger partial charge in [-0.1, -0.05) is 12.1 Å². The minimum Gasteiger partial charge on any atom is -0.274 e. The molecule has 0 spiro atoms. The Kier molecular flexibility index (Phi) is 5.90. The van der Waals surface area contributed by atoms with Gasteiger partial charge in [0.25, 0.3) is 5.91 Å². The molecule has 0 aliphatic carbocycles. The normalized spacial score (nSPS) is 10.8. The van der Waals surface area contributed by atoms with Crippen LogP contribution in [0, 0.1) is 13.8 Å². The molecule has 8 heteroatoms. The van der Waals surface area contributed by atoms with Crippen LogP contribution < -0.4 is 10.3 Å². The van der Waals surface area contributed by atoms with Gasteiger partial charge in [0.05, 0.1) is 17.6 Å². The highest BCUT2D eigenvalue weighted by molar-refractivity contribution is 7.14. The molecule has 0 unspecified atom stereocenters. The van der Waals surface area contributed by atoms with Crippen LogP contribution >= 0.6 is 11.3 Å². The van der Waals surface area contributed by atoms with Crippen LogP contribution in [-0.4, -0.2) is 28.0 Å². The summed E-state index contributed by atoms with van der Waals surface area (Å²) in [4.78, 5) is 34.1. The third-order valence-corrected chi connectivity index (χ3v) is 4.87. The fraction of sp³-hybridized carbons (Fsp3) is 0.150. The molecule has 2 aromatic heterocycles. The molecule has 142 valence electrons. The molecule has 3 rings (SSSR count). The number of aryl methyl sites for hydroxylation is 2. The van der Waals surface area contributed by atoms with E-state index in [1.807, 2.05) is 32.0 Å². The van der Waals surface area contributed by atoms with Gasteiger partial charge in [-0.3, -0.25) is 19.5 Å². The van der Waals surface area contributed by atoms with E-state index in [0.717, 1.165) is 16.8 Å². The molecule has 0 radical (unpaired) electrons. The average molecular weight is 393 g/mol. The molecule has 1 N–H and O–H groups in total. The van der Waals surface area contributed by atoms with E-state index in [0.29, 0.717) is 10.8 Å². The lowest BCUT2D eigenvalue weighted by atomic mass is 10.1. The molecule has 0 saturated carbocycles. The first-order valence-corrected chi connectivity index (χ1v) is 9.41. The van der Waals surface area contributed by atoms with Gasteiger partial charge in [-0.25, -0.2) is 10.4 Å². The van der Waals surface area contributed by atoms with Crippen molar-refractivity contribution >= 4 is 40.2 Å². The maximum Gasteiger partial charge on any atom is 0.289 e. The van der Waals surface area contributed by atoms with E-state index in [9.17, 15) is 9.59 Å². The van der Waals surface area contributed by atoms with Crippen molar-refractivity contribution in [1.82, 2.24) is 15.4 Å². The standard InChI is InChI=1S/C20H19N5O2S/c1-13-7-8-17(10-14(13)2)25(15(3)26)20-23-16(12-28-20)11-22-24-19(27)18-6-4-5-9-21-18/h4-12H,1-3H3,(H,24,27)/b22-11-. The maximum absolute atomic E-state index is 12.2. The molecule has 0 bridgehead atoms. The van der Waals surface area contributed by atoms with Crippen molar-refractivity contribution in [2.24, 2.45) is 5.10 Å². The second-order valence-electron chi connectivity index (χ2n) is 6.09. The number of thiazole rings is 1. The molecule has 3 aromatic rings. The van der Waals surface area contributed by atoms with Crippen LogP contribution in [0.3, 0.4) is 0 Å². The zero-order valence-electron chi connectivity index (χ0n) is 15.7. The van der Waals surface area contributed by atoms with Crippen LogP contribution in [0.5, 0.6) is 0 Å². The number of anilines is 2. The smallest absolute Gasteiger partial charge is 0.274 e.